The highest BCUT2D eigenvalue weighted by Crippen LogP contribution is 2.30. The summed E-state index contributed by atoms with van der Waals surface area (Å²) in [5.74, 6) is -0.406. The van der Waals surface area contributed by atoms with Crippen LogP contribution in [0.1, 0.15) is 10.4 Å². The minimum atomic E-state index is -0.979. The lowest BCUT2D eigenvalue weighted by molar-refractivity contribution is 0.0697. The Morgan fingerprint density at radius 3 is 2.65 bits per heavy atom. The molecule has 0 aliphatic carbocycles. The number of benzene rings is 2. The van der Waals surface area contributed by atoms with E-state index in [0.29, 0.717) is 32.5 Å². The number of fused-ring (bicyclic) bond motifs is 1. The molecule has 0 saturated carbocycles. The van der Waals surface area contributed by atoms with Gasteiger partial charge >= 0.3 is 5.97 Å². The highest BCUT2D eigenvalue weighted by Gasteiger charge is 2.11. The van der Waals surface area contributed by atoms with E-state index in [0.717, 1.165) is 0 Å². The molecule has 0 bridgehead atoms. The zero-order chi connectivity index (χ0) is 14.3. The minimum Gasteiger partial charge on any atom is -0.478 e. The summed E-state index contributed by atoms with van der Waals surface area (Å²) in [6, 6.07) is 9.83. The smallest absolute Gasteiger partial charge is 0.335 e. The van der Waals surface area contributed by atoms with Crippen molar-refractivity contribution < 1.29 is 9.90 Å². The Labute approximate surface area is 124 Å². The van der Waals surface area contributed by atoms with Crippen LogP contribution in [-0.4, -0.2) is 21.0 Å². The topological polar surface area (TPSA) is 66.0 Å². The van der Waals surface area contributed by atoms with E-state index < -0.39 is 5.97 Å². The van der Waals surface area contributed by atoms with Gasteiger partial charge in [0.1, 0.15) is 5.82 Å². The van der Waals surface area contributed by atoms with Gasteiger partial charge in [-0.3, -0.25) is 0 Å². The van der Waals surface area contributed by atoms with E-state index in [1.807, 2.05) is 0 Å². The zero-order valence-corrected chi connectivity index (χ0v) is 11.5. The first-order chi connectivity index (χ1) is 9.54. The van der Waals surface area contributed by atoms with Crippen LogP contribution in [0.2, 0.25) is 10.0 Å². The number of carboxylic acid groups (broad SMARTS) is 1. The molecule has 0 spiro atoms. The second kappa shape index (κ2) is 4.81. The Kier molecular flexibility index (Phi) is 3.12. The molecule has 2 aromatic carbocycles. The van der Waals surface area contributed by atoms with Crippen molar-refractivity contribution in [2.75, 3.05) is 0 Å². The molecule has 1 aromatic heterocycles. The largest absolute Gasteiger partial charge is 0.478 e. The molecule has 0 amide bonds. The molecule has 0 fully saturated rings. The number of carboxylic acids is 1. The van der Waals surface area contributed by atoms with E-state index in [9.17, 15) is 4.79 Å². The number of carbonyl (C=O) groups is 1. The van der Waals surface area contributed by atoms with Crippen LogP contribution in [0, 0.1) is 0 Å². The average Bonchev–Trinajstić information content (AvgIpc) is 2.80. The van der Waals surface area contributed by atoms with Crippen LogP contribution < -0.4 is 0 Å². The Morgan fingerprint density at radius 1 is 1.15 bits per heavy atom. The van der Waals surface area contributed by atoms with E-state index in [1.54, 1.807) is 24.3 Å². The summed E-state index contributed by atoms with van der Waals surface area (Å²) in [4.78, 5) is 18.4. The van der Waals surface area contributed by atoms with E-state index in [4.69, 9.17) is 28.3 Å². The Balaban J connectivity index is 2.15. The second-order valence-electron chi connectivity index (χ2n) is 4.25. The van der Waals surface area contributed by atoms with Gasteiger partial charge in [0, 0.05) is 10.6 Å². The predicted octanol–water partition coefficient (Wildman–Crippen LogP) is 4.23. The lowest BCUT2D eigenvalue weighted by Crippen LogP contribution is -1.94. The summed E-state index contributed by atoms with van der Waals surface area (Å²) in [5.41, 5.74) is 2.24. The number of H-pyrrole nitrogens is 1. The van der Waals surface area contributed by atoms with E-state index in [2.05, 4.69) is 9.97 Å². The van der Waals surface area contributed by atoms with Crippen molar-refractivity contribution in [1.29, 1.82) is 0 Å². The van der Waals surface area contributed by atoms with Crippen LogP contribution in [0.5, 0.6) is 0 Å². The number of imidazole rings is 1. The molecule has 0 atom stereocenters. The molecule has 6 heteroatoms. The highest BCUT2D eigenvalue weighted by atomic mass is 35.5. The van der Waals surface area contributed by atoms with Crippen LogP contribution in [0.3, 0.4) is 0 Å². The number of nitrogens with zero attached hydrogens (tertiary/aromatic N) is 1. The third-order valence-electron chi connectivity index (χ3n) is 2.92. The maximum absolute atomic E-state index is 10.9. The Morgan fingerprint density at radius 2 is 1.95 bits per heavy atom. The summed E-state index contributed by atoms with van der Waals surface area (Å²) in [5, 5.41) is 10.00. The number of aromatic carboxylic acids is 1. The van der Waals surface area contributed by atoms with E-state index >= 15 is 0 Å². The molecule has 3 rings (SSSR count). The van der Waals surface area contributed by atoms with Crippen molar-refractivity contribution in [3.8, 4) is 11.4 Å². The molecule has 0 aliphatic heterocycles. The van der Waals surface area contributed by atoms with Crippen LogP contribution in [0.4, 0.5) is 0 Å². The fraction of sp³-hybridized carbons (Fsp3) is 0. The molecule has 4 nitrogen and oxygen atoms in total. The first kappa shape index (κ1) is 13.0. The third-order valence-corrected chi connectivity index (χ3v) is 3.46. The van der Waals surface area contributed by atoms with Crippen molar-refractivity contribution in [2.24, 2.45) is 0 Å². The summed E-state index contributed by atoms with van der Waals surface area (Å²) < 4.78 is 0. The van der Waals surface area contributed by atoms with Gasteiger partial charge in [0.2, 0.25) is 0 Å². The van der Waals surface area contributed by atoms with Gasteiger partial charge in [0.05, 0.1) is 21.6 Å². The fourth-order valence-corrected chi connectivity index (χ4v) is 2.45. The van der Waals surface area contributed by atoms with Crippen molar-refractivity contribution in [2.45, 2.75) is 0 Å². The van der Waals surface area contributed by atoms with Gasteiger partial charge in [-0.15, -0.1) is 0 Å². The molecule has 20 heavy (non-hydrogen) atoms. The first-order valence-corrected chi connectivity index (χ1v) is 6.48. The molecule has 0 unspecified atom stereocenters. The third kappa shape index (κ3) is 2.24. The lowest BCUT2D eigenvalue weighted by Gasteiger charge is -2.00. The van der Waals surface area contributed by atoms with Crippen LogP contribution in [-0.2, 0) is 0 Å². The Bertz CT molecular complexity index is 827. The van der Waals surface area contributed by atoms with Crippen LogP contribution in [0.25, 0.3) is 22.4 Å². The molecule has 1 heterocycles. The summed E-state index contributed by atoms with van der Waals surface area (Å²) in [7, 11) is 0. The second-order valence-corrected chi connectivity index (χ2v) is 5.09. The number of nitrogens with one attached hydrogen (secondary N) is 1. The van der Waals surface area contributed by atoms with Crippen molar-refractivity contribution in [1.82, 2.24) is 9.97 Å². The van der Waals surface area contributed by atoms with Crippen molar-refractivity contribution >= 4 is 40.2 Å². The van der Waals surface area contributed by atoms with Gasteiger partial charge in [-0.1, -0.05) is 23.2 Å². The van der Waals surface area contributed by atoms with Gasteiger partial charge in [-0.2, -0.15) is 0 Å². The maximum Gasteiger partial charge on any atom is 0.335 e. The van der Waals surface area contributed by atoms with E-state index in [1.165, 1.54) is 12.1 Å². The maximum atomic E-state index is 10.9. The molecular weight excluding hydrogens is 299 g/mol. The molecule has 0 aliphatic rings. The Hall–Kier alpha value is -2.04. The average molecular weight is 307 g/mol. The summed E-state index contributed by atoms with van der Waals surface area (Å²) in [6.45, 7) is 0. The molecule has 2 N–H and O–H groups in total. The number of hydrogen-bond acceptors (Lipinski definition) is 2. The fourth-order valence-electron chi connectivity index (χ4n) is 1.95. The molecule has 3 aromatic rings. The monoisotopic (exact) mass is 306 g/mol. The number of rotatable bonds is 2. The predicted molar refractivity (Wildman–Crippen MR) is 78.5 cm³/mol. The number of aromatic nitrogens is 2. The normalized spacial score (nSPS) is 10.9. The number of halogens is 2. The van der Waals surface area contributed by atoms with Crippen molar-refractivity contribution in [3.63, 3.8) is 0 Å². The number of hydrogen-bond donors (Lipinski definition) is 2. The van der Waals surface area contributed by atoms with E-state index in [-0.39, 0.29) is 5.56 Å². The zero-order valence-electron chi connectivity index (χ0n) is 10.0. The highest BCUT2D eigenvalue weighted by molar-refractivity contribution is 6.36. The molecule has 100 valence electrons. The standard InChI is InChI=1S/C14H8Cl2N2O2/c15-8-2-3-9(10(16)6-8)13-17-11-4-1-7(14(19)20)5-12(11)18-13/h1-6H,(H,17,18)(H,19,20). The van der Waals surface area contributed by atoms with Gasteiger partial charge in [-0.25, -0.2) is 9.78 Å². The number of aromatic amines is 1. The molecule has 0 radical (unpaired) electrons. The molecular formula is C14H8Cl2N2O2. The van der Waals surface area contributed by atoms with Crippen LogP contribution in [0.15, 0.2) is 36.4 Å². The summed E-state index contributed by atoms with van der Waals surface area (Å²) >= 11 is 12.0. The van der Waals surface area contributed by atoms with Gasteiger partial charge in [-0.05, 0) is 36.4 Å². The minimum absolute atomic E-state index is 0.204. The summed E-state index contributed by atoms with van der Waals surface area (Å²) in [6.07, 6.45) is 0. The lowest BCUT2D eigenvalue weighted by atomic mass is 10.2. The van der Waals surface area contributed by atoms with Crippen LogP contribution >= 0.6 is 23.2 Å². The quantitative estimate of drug-likeness (QED) is 0.744. The SMILES string of the molecule is O=C(O)c1ccc2nc(-c3ccc(Cl)cc3Cl)[nH]c2c1. The van der Waals surface area contributed by atoms with Crippen molar-refractivity contribution in [3.05, 3.63) is 52.0 Å². The van der Waals surface area contributed by atoms with Gasteiger partial charge < -0.3 is 10.1 Å². The first-order valence-electron chi connectivity index (χ1n) is 5.73. The van der Waals surface area contributed by atoms with Gasteiger partial charge in [0.15, 0.2) is 0 Å². The van der Waals surface area contributed by atoms with Gasteiger partial charge in [0.25, 0.3) is 0 Å². The molecule has 0 saturated heterocycles.